The standard InChI is InChI=1S/C23H27F3N6O3S2/c1-32-16(8-17(31-32)35-22(25)26)29-23(36)28-11-4-5-15-13(6-11)18(20(34)27-9-10-2-3-10)21(37-15)30-19(33)12-7-14(12)24/h8,10-12,14,22H,2-7,9H2,1H3,(H,27,34)(H,30,33)(H2,28,29,36). The van der Waals surface area contributed by atoms with Crippen LogP contribution in [0.15, 0.2) is 6.07 Å². The Morgan fingerprint density at radius 2 is 2.05 bits per heavy atom. The number of anilines is 2. The number of aryl methyl sites for hydroxylation is 2. The van der Waals surface area contributed by atoms with Crippen LogP contribution in [-0.2, 0) is 24.7 Å². The van der Waals surface area contributed by atoms with Crippen molar-refractivity contribution in [1.29, 1.82) is 0 Å². The summed E-state index contributed by atoms with van der Waals surface area (Å²) in [5.74, 6) is -0.657. The number of fused-ring (bicyclic) bond motifs is 1. The number of rotatable bonds is 9. The Kier molecular flexibility index (Phi) is 7.30. The maximum Gasteiger partial charge on any atom is 0.388 e. The van der Waals surface area contributed by atoms with Gasteiger partial charge in [-0.05, 0) is 62.2 Å². The number of alkyl halides is 3. The second kappa shape index (κ2) is 10.5. The highest BCUT2D eigenvalue weighted by Crippen LogP contribution is 2.41. The molecule has 0 radical (unpaired) electrons. The first-order valence-corrected chi connectivity index (χ1v) is 13.3. The van der Waals surface area contributed by atoms with Crippen molar-refractivity contribution < 1.29 is 27.5 Å². The van der Waals surface area contributed by atoms with Crippen LogP contribution in [-0.4, -0.2) is 52.1 Å². The minimum Gasteiger partial charge on any atom is -0.415 e. The van der Waals surface area contributed by atoms with E-state index in [1.165, 1.54) is 22.1 Å². The van der Waals surface area contributed by atoms with E-state index in [0.29, 0.717) is 41.7 Å². The Labute approximate surface area is 220 Å². The number of carbonyl (C=O) groups is 2. The third kappa shape index (κ3) is 6.17. The smallest absolute Gasteiger partial charge is 0.388 e. The molecule has 14 heteroatoms. The van der Waals surface area contributed by atoms with Gasteiger partial charge in [-0.2, -0.15) is 8.78 Å². The summed E-state index contributed by atoms with van der Waals surface area (Å²) in [6.45, 7) is -2.40. The fraction of sp³-hybridized carbons (Fsp3) is 0.565. The molecule has 0 saturated heterocycles. The molecule has 0 spiro atoms. The van der Waals surface area contributed by atoms with Crippen LogP contribution in [0.25, 0.3) is 0 Å². The van der Waals surface area contributed by atoms with Gasteiger partial charge in [0.2, 0.25) is 11.8 Å². The summed E-state index contributed by atoms with van der Waals surface area (Å²) < 4.78 is 44.0. The predicted molar refractivity (Wildman–Crippen MR) is 136 cm³/mol. The molecule has 200 valence electrons. The van der Waals surface area contributed by atoms with Gasteiger partial charge in [0.25, 0.3) is 5.91 Å². The fourth-order valence-corrected chi connectivity index (χ4v) is 5.88. The number of nitrogens with zero attached hydrogens (tertiary/aromatic N) is 2. The summed E-state index contributed by atoms with van der Waals surface area (Å²) in [7, 11) is 1.57. The number of nitrogens with one attached hydrogen (secondary N) is 4. The Balaban J connectivity index is 1.27. The van der Waals surface area contributed by atoms with E-state index in [1.807, 2.05) is 0 Å². The topological polar surface area (TPSA) is 109 Å². The second-order valence-electron chi connectivity index (χ2n) is 9.62. The van der Waals surface area contributed by atoms with E-state index < -0.39 is 24.6 Å². The zero-order valence-corrected chi connectivity index (χ0v) is 21.6. The first-order valence-electron chi connectivity index (χ1n) is 12.1. The second-order valence-corrected chi connectivity index (χ2v) is 11.1. The van der Waals surface area contributed by atoms with Crippen LogP contribution in [0.4, 0.5) is 24.0 Å². The molecule has 3 unspecified atom stereocenters. The number of hydrogen-bond donors (Lipinski definition) is 4. The minimum absolute atomic E-state index is 0.107. The molecule has 0 aromatic carbocycles. The number of thiocarbonyl (C=S) groups is 1. The third-order valence-electron chi connectivity index (χ3n) is 6.67. The van der Waals surface area contributed by atoms with Crippen LogP contribution in [0.2, 0.25) is 0 Å². The molecule has 3 aliphatic rings. The van der Waals surface area contributed by atoms with E-state index in [1.54, 1.807) is 7.05 Å². The van der Waals surface area contributed by atoms with Crippen molar-refractivity contribution in [2.75, 3.05) is 17.2 Å². The van der Waals surface area contributed by atoms with E-state index in [-0.39, 0.29) is 29.4 Å². The summed E-state index contributed by atoms with van der Waals surface area (Å²) in [6, 6.07) is 1.21. The SMILES string of the molecule is Cn1nc(OC(F)F)cc1NC(=S)NC1CCc2sc(NC(=O)C3CC3F)c(C(=O)NCC3CC3)c2C1. The van der Waals surface area contributed by atoms with Gasteiger partial charge in [0, 0.05) is 30.6 Å². The molecule has 2 fully saturated rings. The molecule has 0 bridgehead atoms. The maximum atomic E-state index is 13.4. The van der Waals surface area contributed by atoms with Crippen LogP contribution in [0.3, 0.4) is 0 Å². The fourth-order valence-electron chi connectivity index (χ4n) is 4.37. The summed E-state index contributed by atoms with van der Waals surface area (Å²) in [5, 5.41) is 16.5. The van der Waals surface area contributed by atoms with Crippen molar-refractivity contribution >= 4 is 51.3 Å². The van der Waals surface area contributed by atoms with Gasteiger partial charge >= 0.3 is 6.61 Å². The summed E-state index contributed by atoms with van der Waals surface area (Å²) in [4.78, 5) is 26.6. The van der Waals surface area contributed by atoms with Gasteiger partial charge in [-0.15, -0.1) is 16.4 Å². The van der Waals surface area contributed by atoms with Crippen molar-refractivity contribution in [2.45, 2.75) is 57.3 Å². The molecule has 37 heavy (non-hydrogen) atoms. The number of thiophene rings is 1. The number of ether oxygens (including phenoxy) is 1. The number of carbonyl (C=O) groups excluding carboxylic acids is 2. The predicted octanol–water partition coefficient (Wildman–Crippen LogP) is 3.36. The third-order valence-corrected chi connectivity index (χ3v) is 8.09. The minimum atomic E-state index is -2.98. The zero-order chi connectivity index (χ0) is 26.3. The maximum absolute atomic E-state index is 13.4. The highest BCUT2D eigenvalue weighted by Gasteiger charge is 2.44. The highest BCUT2D eigenvalue weighted by atomic mass is 32.1. The Morgan fingerprint density at radius 3 is 2.73 bits per heavy atom. The highest BCUT2D eigenvalue weighted by molar-refractivity contribution is 7.80. The number of amides is 2. The van der Waals surface area contributed by atoms with Crippen molar-refractivity contribution in [3.8, 4) is 5.88 Å². The quantitative estimate of drug-likeness (QED) is 0.351. The molecule has 5 rings (SSSR count). The van der Waals surface area contributed by atoms with E-state index in [9.17, 15) is 22.8 Å². The van der Waals surface area contributed by atoms with Crippen molar-refractivity contribution in [3.05, 3.63) is 22.1 Å². The molecular weight excluding hydrogens is 529 g/mol. The van der Waals surface area contributed by atoms with Gasteiger partial charge in [-0.25, -0.2) is 9.07 Å². The number of aromatic nitrogens is 2. The van der Waals surface area contributed by atoms with Crippen molar-refractivity contribution in [1.82, 2.24) is 20.4 Å². The lowest BCUT2D eigenvalue weighted by molar-refractivity contribution is -0.117. The van der Waals surface area contributed by atoms with Crippen LogP contribution in [0.1, 0.15) is 46.5 Å². The van der Waals surface area contributed by atoms with Gasteiger partial charge in [-0.1, -0.05) is 0 Å². The normalized spacial score (nSPS) is 22.2. The molecular formula is C23H27F3N6O3S2. The summed E-state index contributed by atoms with van der Waals surface area (Å²) >= 11 is 6.79. The number of hydrogen-bond acceptors (Lipinski definition) is 6. The monoisotopic (exact) mass is 556 g/mol. The lowest BCUT2D eigenvalue weighted by Gasteiger charge is -2.25. The molecule has 2 amide bonds. The molecule has 9 nitrogen and oxygen atoms in total. The average molecular weight is 557 g/mol. The molecule has 4 N–H and O–H groups in total. The van der Waals surface area contributed by atoms with Gasteiger partial charge in [0.15, 0.2) is 5.11 Å². The molecule has 2 aromatic rings. The lowest BCUT2D eigenvalue weighted by atomic mass is 9.91. The molecule has 2 heterocycles. The van der Waals surface area contributed by atoms with Crippen molar-refractivity contribution in [2.24, 2.45) is 18.9 Å². The lowest BCUT2D eigenvalue weighted by Crippen LogP contribution is -2.41. The average Bonchev–Trinajstić information content (AvgIpc) is 3.73. The van der Waals surface area contributed by atoms with E-state index in [4.69, 9.17) is 12.2 Å². The molecule has 2 aromatic heterocycles. The molecule has 3 atom stereocenters. The Morgan fingerprint density at radius 1 is 1.30 bits per heavy atom. The molecule has 3 aliphatic carbocycles. The van der Waals surface area contributed by atoms with E-state index in [2.05, 4.69) is 31.1 Å². The van der Waals surface area contributed by atoms with Crippen LogP contribution < -0.4 is 26.0 Å². The van der Waals surface area contributed by atoms with Crippen molar-refractivity contribution in [3.63, 3.8) is 0 Å². The Hall–Kier alpha value is -2.87. The van der Waals surface area contributed by atoms with Gasteiger partial charge in [0.05, 0.1) is 11.5 Å². The van der Waals surface area contributed by atoms with E-state index in [0.717, 1.165) is 29.7 Å². The first-order chi connectivity index (χ1) is 17.7. The number of halogens is 3. The van der Waals surface area contributed by atoms with Gasteiger partial charge in [-0.3, -0.25) is 9.59 Å². The van der Waals surface area contributed by atoms with E-state index >= 15 is 0 Å². The summed E-state index contributed by atoms with van der Waals surface area (Å²) in [5.41, 5.74) is 1.29. The Bertz CT molecular complexity index is 1210. The van der Waals surface area contributed by atoms with Crippen LogP contribution in [0, 0.1) is 11.8 Å². The van der Waals surface area contributed by atoms with Gasteiger partial charge < -0.3 is 26.0 Å². The first kappa shape index (κ1) is 25.8. The van der Waals surface area contributed by atoms with Crippen LogP contribution >= 0.6 is 23.6 Å². The molecule has 2 saturated carbocycles. The molecule has 0 aliphatic heterocycles. The largest absolute Gasteiger partial charge is 0.415 e. The summed E-state index contributed by atoms with van der Waals surface area (Å²) in [6.07, 6.45) is 3.17. The zero-order valence-electron chi connectivity index (χ0n) is 20.0. The van der Waals surface area contributed by atoms with Gasteiger partial charge in [0.1, 0.15) is 17.0 Å². The van der Waals surface area contributed by atoms with Crippen LogP contribution in [0.5, 0.6) is 5.88 Å².